The molecule has 1 amide bonds. The molecule has 2 rings (SSSR count). The van der Waals surface area contributed by atoms with E-state index in [1.807, 2.05) is 12.1 Å². The Kier molecular flexibility index (Phi) is 4.32. The van der Waals surface area contributed by atoms with Gasteiger partial charge in [-0.2, -0.15) is 0 Å². The van der Waals surface area contributed by atoms with Crippen molar-refractivity contribution in [2.75, 3.05) is 12.4 Å². The molecule has 0 spiro atoms. The Labute approximate surface area is 122 Å². The third-order valence-corrected chi connectivity index (χ3v) is 2.99. The summed E-state index contributed by atoms with van der Waals surface area (Å²) in [6.07, 6.45) is 0. The number of carbonyl (C=O) groups excluding carboxylic acids is 1. The zero-order chi connectivity index (χ0) is 14.5. The van der Waals surface area contributed by atoms with E-state index in [1.165, 1.54) is 0 Å². The maximum absolute atomic E-state index is 12.1. The smallest absolute Gasteiger partial charge is 0.255 e. The summed E-state index contributed by atoms with van der Waals surface area (Å²) in [5.41, 5.74) is 7.46. The molecule has 0 atom stereocenters. The van der Waals surface area contributed by atoms with Crippen LogP contribution in [0.2, 0.25) is 0 Å². The Morgan fingerprint density at radius 1 is 1.15 bits per heavy atom. The summed E-state index contributed by atoms with van der Waals surface area (Å²) in [6.45, 7) is 0. The van der Waals surface area contributed by atoms with E-state index in [-0.39, 0.29) is 5.91 Å². The summed E-state index contributed by atoms with van der Waals surface area (Å²) < 4.78 is 5.10. The lowest BCUT2D eigenvalue weighted by Gasteiger charge is -2.07. The number of anilines is 1. The number of nitrogens with two attached hydrogens (primary N) is 1. The number of rotatable bonds is 4. The number of carbonyl (C=O) groups is 1. The Hall–Kier alpha value is -2.40. The fraction of sp³-hybridized carbons (Fsp3) is 0.0667. The highest BCUT2D eigenvalue weighted by molar-refractivity contribution is 7.80. The van der Waals surface area contributed by atoms with E-state index in [0.29, 0.717) is 22.0 Å². The van der Waals surface area contributed by atoms with Crippen LogP contribution in [0.4, 0.5) is 5.69 Å². The number of nitrogens with one attached hydrogen (secondary N) is 1. The monoisotopic (exact) mass is 286 g/mol. The molecule has 3 N–H and O–H groups in total. The van der Waals surface area contributed by atoms with E-state index in [4.69, 9.17) is 22.7 Å². The second kappa shape index (κ2) is 6.16. The van der Waals surface area contributed by atoms with Crippen LogP contribution in [-0.2, 0) is 0 Å². The Morgan fingerprint density at radius 2 is 1.80 bits per heavy atom. The minimum atomic E-state index is -0.201. The van der Waals surface area contributed by atoms with Crippen molar-refractivity contribution in [3.05, 3.63) is 59.7 Å². The van der Waals surface area contributed by atoms with Gasteiger partial charge in [-0.3, -0.25) is 4.79 Å². The summed E-state index contributed by atoms with van der Waals surface area (Å²) >= 11 is 4.87. The highest BCUT2D eigenvalue weighted by atomic mass is 32.1. The van der Waals surface area contributed by atoms with Gasteiger partial charge in [0.25, 0.3) is 5.91 Å². The molecule has 0 saturated carbocycles. The fourth-order valence-electron chi connectivity index (χ4n) is 1.69. The van der Waals surface area contributed by atoms with Gasteiger partial charge in [-0.15, -0.1) is 0 Å². The zero-order valence-electron chi connectivity index (χ0n) is 10.9. The number of hydrogen-bond acceptors (Lipinski definition) is 3. The van der Waals surface area contributed by atoms with Crippen molar-refractivity contribution < 1.29 is 9.53 Å². The third-order valence-electron chi connectivity index (χ3n) is 2.76. The lowest BCUT2D eigenvalue weighted by molar-refractivity contribution is 0.102. The van der Waals surface area contributed by atoms with Gasteiger partial charge in [0.15, 0.2) is 0 Å². The van der Waals surface area contributed by atoms with E-state index in [0.717, 1.165) is 5.56 Å². The topological polar surface area (TPSA) is 64.3 Å². The average molecular weight is 286 g/mol. The minimum Gasteiger partial charge on any atom is -0.497 e. The molecule has 0 bridgehead atoms. The standard InChI is InChI=1S/C15H14N2O2S/c1-19-13-4-2-3-12(9-13)17-15(18)11-7-5-10(6-8-11)14(16)20/h2-9H,1H3,(H2,16,20)(H,17,18). The van der Waals surface area contributed by atoms with Crippen molar-refractivity contribution in [1.82, 2.24) is 0 Å². The first-order chi connectivity index (χ1) is 9.60. The van der Waals surface area contributed by atoms with Crippen molar-refractivity contribution in [2.24, 2.45) is 5.73 Å². The maximum Gasteiger partial charge on any atom is 0.255 e. The SMILES string of the molecule is COc1cccc(NC(=O)c2ccc(C(N)=S)cc2)c1. The second-order valence-corrected chi connectivity index (χ2v) is 4.57. The van der Waals surface area contributed by atoms with Gasteiger partial charge in [-0.05, 0) is 24.3 Å². The van der Waals surface area contributed by atoms with Crippen molar-refractivity contribution in [3.63, 3.8) is 0 Å². The molecule has 0 aromatic heterocycles. The molecule has 0 radical (unpaired) electrons. The molecule has 0 aliphatic rings. The Bertz CT molecular complexity index is 639. The first-order valence-electron chi connectivity index (χ1n) is 5.95. The van der Waals surface area contributed by atoms with Gasteiger partial charge in [-0.25, -0.2) is 0 Å². The molecule has 2 aromatic carbocycles. The normalized spacial score (nSPS) is 9.85. The molecule has 0 saturated heterocycles. The summed E-state index contributed by atoms with van der Waals surface area (Å²) in [4.78, 5) is 12.4. The molecule has 0 heterocycles. The molecule has 0 aliphatic heterocycles. The molecular formula is C15H14N2O2S. The van der Waals surface area contributed by atoms with Gasteiger partial charge in [0.1, 0.15) is 10.7 Å². The molecule has 0 fully saturated rings. The van der Waals surface area contributed by atoms with Crippen molar-refractivity contribution >= 4 is 28.8 Å². The van der Waals surface area contributed by atoms with Crippen LogP contribution in [0.1, 0.15) is 15.9 Å². The van der Waals surface area contributed by atoms with Crippen LogP contribution in [0.3, 0.4) is 0 Å². The molecular weight excluding hydrogens is 272 g/mol. The highest BCUT2D eigenvalue weighted by Gasteiger charge is 2.07. The molecule has 0 unspecified atom stereocenters. The number of benzene rings is 2. The summed E-state index contributed by atoms with van der Waals surface area (Å²) in [6, 6.07) is 14.0. The molecule has 4 nitrogen and oxygen atoms in total. The average Bonchev–Trinajstić information content (AvgIpc) is 2.47. The third kappa shape index (κ3) is 3.33. The van der Waals surface area contributed by atoms with E-state index < -0.39 is 0 Å². The lowest BCUT2D eigenvalue weighted by atomic mass is 10.1. The van der Waals surface area contributed by atoms with Crippen LogP contribution in [0, 0.1) is 0 Å². The summed E-state index contributed by atoms with van der Waals surface area (Å²) in [7, 11) is 1.58. The molecule has 0 aliphatic carbocycles. The zero-order valence-corrected chi connectivity index (χ0v) is 11.7. The first-order valence-corrected chi connectivity index (χ1v) is 6.36. The van der Waals surface area contributed by atoms with E-state index in [9.17, 15) is 4.79 Å². The second-order valence-electron chi connectivity index (χ2n) is 4.13. The van der Waals surface area contributed by atoms with Crippen molar-refractivity contribution in [3.8, 4) is 5.75 Å². The largest absolute Gasteiger partial charge is 0.497 e. The summed E-state index contributed by atoms with van der Waals surface area (Å²) in [5.74, 6) is 0.486. The summed E-state index contributed by atoms with van der Waals surface area (Å²) in [5, 5.41) is 2.80. The molecule has 5 heteroatoms. The van der Waals surface area contributed by atoms with Crippen LogP contribution in [0.25, 0.3) is 0 Å². The predicted octanol–water partition coefficient (Wildman–Crippen LogP) is 2.58. The number of thiocarbonyl (C=S) groups is 1. The molecule has 20 heavy (non-hydrogen) atoms. The number of amides is 1. The Morgan fingerprint density at radius 3 is 2.40 bits per heavy atom. The van der Waals surface area contributed by atoms with Gasteiger partial charge < -0.3 is 15.8 Å². The molecule has 102 valence electrons. The van der Waals surface area contributed by atoms with Gasteiger partial charge in [0.05, 0.1) is 7.11 Å². The van der Waals surface area contributed by atoms with E-state index in [2.05, 4.69) is 5.32 Å². The minimum absolute atomic E-state index is 0.201. The van der Waals surface area contributed by atoms with Gasteiger partial charge in [0.2, 0.25) is 0 Å². The quantitative estimate of drug-likeness (QED) is 0.848. The predicted molar refractivity (Wildman–Crippen MR) is 83.3 cm³/mol. The van der Waals surface area contributed by atoms with Gasteiger partial charge in [-0.1, -0.05) is 30.4 Å². The van der Waals surface area contributed by atoms with Gasteiger partial charge >= 0.3 is 0 Å². The maximum atomic E-state index is 12.1. The van der Waals surface area contributed by atoms with Crippen molar-refractivity contribution in [1.29, 1.82) is 0 Å². The van der Waals surface area contributed by atoms with Crippen molar-refractivity contribution in [2.45, 2.75) is 0 Å². The van der Waals surface area contributed by atoms with E-state index in [1.54, 1.807) is 43.5 Å². The molecule has 2 aromatic rings. The van der Waals surface area contributed by atoms with E-state index >= 15 is 0 Å². The lowest BCUT2D eigenvalue weighted by Crippen LogP contribution is -2.13. The highest BCUT2D eigenvalue weighted by Crippen LogP contribution is 2.17. The van der Waals surface area contributed by atoms with Crippen LogP contribution < -0.4 is 15.8 Å². The number of hydrogen-bond donors (Lipinski definition) is 2. The number of methoxy groups -OCH3 is 1. The van der Waals surface area contributed by atoms with Crippen LogP contribution in [-0.4, -0.2) is 18.0 Å². The van der Waals surface area contributed by atoms with Gasteiger partial charge in [0, 0.05) is 22.9 Å². The van der Waals surface area contributed by atoms with Crippen LogP contribution >= 0.6 is 12.2 Å². The fourth-order valence-corrected chi connectivity index (χ4v) is 1.83. The number of ether oxygens (including phenoxy) is 1. The van der Waals surface area contributed by atoms with Crippen LogP contribution in [0.5, 0.6) is 5.75 Å². The van der Waals surface area contributed by atoms with Crippen LogP contribution in [0.15, 0.2) is 48.5 Å². The Balaban J connectivity index is 2.13. The first kappa shape index (κ1) is 14.0.